The summed E-state index contributed by atoms with van der Waals surface area (Å²) in [5.41, 5.74) is 8.10. The summed E-state index contributed by atoms with van der Waals surface area (Å²) in [6.45, 7) is 3.54. The molecule has 2 rings (SSSR count). The number of pyridine rings is 2. The van der Waals surface area contributed by atoms with Gasteiger partial charge in [-0.25, -0.2) is 4.98 Å². The number of nitrogens with two attached hydrogens (primary N) is 1. The van der Waals surface area contributed by atoms with E-state index in [9.17, 15) is 0 Å². The van der Waals surface area contributed by atoms with Gasteiger partial charge in [0, 0.05) is 31.7 Å². The maximum atomic E-state index is 8.82. The zero-order valence-corrected chi connectivity index (χ0v) is 10.7. The summed E-state index contributed by atoms with van der Waals surface area (Å²) in [6, 6.07) is 7.60. The summed E-state index contributed by atoms with van der Waals surface area (Å²) in [7, 11) is 0. The van der Waals surface area contributed by atoms with E-state index >= 15 is 0 Å². The van der Waals surface area contributed by atoms with E-state index < -0.39 is 0 Å². The molecule has 0 bridgehead atoms. The molecule has 0 aromatic carbocycles. The van der Waals surface area contributed by atoms with E-state index in [0.717, 1.165) is 12.1 Å². The van der Waals surface area contributed by atoms with Crippen molar-refractivity contribution in [1.82, 2.24) is 9.97 Å². The minimum absolute atomic E-state index is 0.473. The predicted octanol–water partition coefficient (Wildman–Crippen LogP) is 1.96. The van der Waals surface area contributed by atoms with Gasteiger partial charge >= 0.3 is 0 Å². The van der Waals surface area contributed by atoms with Gasteiger partial charge in [-0.1, -0.05) is 0 Å². The largest absolute Gasteiger partial charge is 0.396 e. The first-order valence-corrected chi connectivity index (χ1v) is 6.04. The number of hydrogen-bond acceptors (Lipinski definition) is 5. The van der Waals surface area contributed by atoms with Gasteiger partial charge < -0.3 is 10.6 Å². The molecule has 0 aliphatic heterocycles. The van der Waals surface area contributed by atoms with Gasteiger partial charge in [-0.05, 0) is 30.7 Å². The van der Waals surface area contributed by atoms with Crippen LogP contribution in [0.4, 0.5) is 11.5 Å². The lowest BCUT2D eigenvalue weighted by molar-refractivity contribution is 0.814. The molecule has 2 heterocycles. The number of aromatic nitrogens is 2. The smallest absolute Gasteiger partial charge is 0.152 e. The van der Waals surface area contributed by atoms with Crippen LogP contribution in [0.3, 0.4) is 0 Å². The molecular formula is C14H15N5. The third kappa shape index (κ3) is 2.99. The summed E-state index contributed by atoms with van der Waals surface area (Å²) in [4.78, 5) is 10.3. The standard InChI is InChI=1S/C14H15N5/c1-2-19(10-11-3-5-17-6-4-11)14-13(16)7-12(8-15)9-18-14/h3-7,9H,2,10,16H2,1H3. The second-order valence-corrected chi connectivity index (χ2v) is 4.12. The Labute approximate surface area is 112 Å². The van der Waals surface area contributed by atoms with Crippen LogP contribution in [-0.4, -0.2) is 16.5 Å². The van der Waals surface area contributed by atoms with Crippen molar-refractivity contribution in [2.45, 2.75) is 13.5 Å². The Morgan fingerprint density at radius 3 is 2.68 bits per heavy atom. The van der Waals surface area contributed by atoms with Crippen LogP contribution in [0.1, 0.15) is 18.1 Å². The van der Waals surface area contributed by atoms with Gasteiger partial charge in [-0.2, -0.15) is 5.26 Å². The van der Waals surface area contributed by atoms with Gasteiger partial charge in [-0.15, -0.1) is 0 Å². The molecule has 19 heavy (non-hydrogen) atoms. The molecule has 0 spiro atoms. The zero-order valence-electron chi connectivity index (χ0n) is 10.7. The zero-order chi connectivity index (χ0) is 13.7. The normalized spacial score (nSPS) is 9.89. The molecule has 0 amide bonds. The van der Waals surface area contributed by atoms with Crippen LogP contribution in [0.25, 0.3) is 0 Å². The first-order chi connectivity index (χ1) is 9.24. The monoisotopic (exact) mass is 253 g/mol. The lowest BCUT2D eigenvalue weighted by atomic mass is 10.2. The Morgan fingerprint density at radius 2 is 2.11 bits per heavy atom. The highest BCUT2D eigenvalue weighted by molar-refractivity contribution is 5.64. The van der Waals surface area contributed by atoms with Crippen molar-refractivity contribution in [3.8, 4) is 6.07 Å². The van der Waals surface area contributed by atoms with Crippen molar-refractivity contribution >= 4 is 11.5 Å². The maximum absolute atomic E-state index is 8.82. The molecule has 0 saturated carbocycles. The van der Waals surface area contributed by atoms with Gasteiger partial charge in [0.25, 0.3) is 0 Å². The Bertz CT molecular complexity index is 589. The molecule has 2 aromatic heterocycles. The Hall–Kier alpha value is -2.61. The Kier molecular flexibility index (Phi) is 3.94. The molecule has 2 aromatic rings. The average Bonchev–Trinajstić information content (AvgIpc) is 2.46. The van der Waals surface area contributed by atoms with Crippen LogP contribution in [-0.2, 0) is 6.54 Å². The number of rotatable bonds is 4. The fourth-order valence-corrected chi connectivity index (χ4v) is 1.84. The fourth-order valence-electron chi connectivity index (χ4n) is 1.84. The number of nitrogen functional groups attached to an aromatic ring is 1. The van der Waals surface area contributed by atoms with Gasteiger partial charge in [0.05, 0.1) is 11.3 Å². The molecule has 5 nitrogen and oxygen atoms in total. The van der Waals surface area contributed by atoms with E-state index in [1.54, 1.807) is 24.7 Å². The van der Waals surface area contributed by atoms with Crippen molar-refractivity contribution in [2.24, 2.45) is 0 Å². The number of nitrogens with zero attached hydrogens (tertiary/aromatic N) is 4. The van der Waals surface area contributed by atoms with Crippen LogP contribution in [0.15, 0.2) is 36.8 Å². The summed E-state index contributed by atoms with van der Waals surface area (Å²) in [5.74, 6) is 0.707. The second-order valence-electron chi connectivity index (χ2n) is 4.12. The molecule has 5 heteroatoms. The SMILES string of the molecule is CCN(Cc1ccncc1)c1ncc(C#N)cc1N. The quantitative estimate of drug-likeness (QED) is 0.901. The molecular weight excluding hydrogens is 238 g/mol. The number of hydrogen-bond donors (Lipinski definition) is 1. The van der Waals surface area contributed by atoms with E-state index in [1.165, 1.54) is 0 Å². The van der Waals surface area contributed by atoms with Gasteiger partial charge in [0.15, 0.2) is 5.82 Å². The Morgan fingerprint density at radius 1 is 1.37 bits per heavy atom. The summed E-state index contributed by atoms with van der Waals surface area (Å²) in [6.07, 6.45) is 5.07. The highest BCUT2D eigenvalue weighted by Gasteiger charge is 2.11. The lowest BCUT2D eigenvalue weighted by Gasteiger charge is -2.23. The molecule has 2 N–H and O–H groups in total. The number of anilines is 2. The first-order valence-electron chi connectivity index (χ1n) is 6.04. The van der Waals surface area contributed by atoms with E-state index in [0.29, 0.717) is 23.6 Å². The lowest BCUT2D eigenvalue weighted by Crippen LogP contribution is -2.24. The van der Waals surface area contributed by atoms with E-state index in [-0.39, 0.29) is 0 Å². The fraction of sp³-hybridized carbons (Fsp3) is 0.214. The third-order valence-electron chi connectivity index (χ3n) is 2.83. The van der Waals surface area contributed by atoms with Crippen molar-refractivity contribution in [2.75, 3.05) is 17.2 Å². The van der Waals surface area contributed by atoms with Crippen LogP contribution >= 0.6 is 0 Å². The third-order valence-corrected chi connectivity index (χ3v) is 2.83. The molecule has 0 radical (unpaired) electrons. The molecule has 96 valence electrons. The maximum Gasteiger partial charge on any atom is 0.152 e. The molecule has 0 aliphatic carbocycles. The van der Waals surface area contributed by atoms with Gasteiger partial charge in [0.1, 0.15) is 6.07 Å². The van der Waals surface area contributed by atoms with E-state index in [2.05, 4.69) is 14.9 Å². The first kappa shape index (κ1) is 12.8. The minimum Gasteiger partial charge on any atom is -0.396 e. The summed E-state index contributed by atoms with van der Waals surface area (Å²) < 4.78 is 0. The van der Waals surface area contributed by atoms with Gasteiger partial charge in [0.2, 0.25) is 0 Å². The van der Waals surface area contributed by atoms with Crippen molar-refractivity contribution < 1.29 is 0 Å². The van der Waals surface area contributed by atoms with Crippen molar-refractivity contribution in [3.05, 3.63) is 47.9 Å². The van der Waals surface area contributed by atoms with E-state index in [4.69, 9.17) is 11.0 Å². The van der Waals surface area contributed by atoms with Crippen LogP contribution in [0.2, 0.25) is 0 Å². The van der Waals surface area contributed by atoms with Crippen molar-refractivity contribution in [3.63, 3.8) is 0 Å². The second kappa shape index (κ2) is 5.83. The van der Waals surface area contributed by atoms with Crippen molar-refractivity contribution in [1.29, 1.82) is 5.26 Å². The Balaban J connectivity index is 2.25. The molecule has 0 fully saturated rings. The minimum atomic E-state index is 0.473. The average molecular weight is 253 g/mol. The van der Waals surface area contributed by atoms with Crippen LogP contribution in [0.5, 0.6) is 0 Å². The molecule has 0 atom stereocenters. The topological polar surface area (TPSA) is 78.8 Å². The summed E-state index contributed by atoms with van der Waals surface area (Å²) in [5, 5.41) is 8.82. The molecule has 0 saturated heterocycles. The number of nitriles is 1. The molecule has 0 aliphatic rings. The highest BCUT2D eigenvalue weighted by atomic mass is 15.2. The highest BCUT2D eigenvalue weighted by Crippen LogP contribution is 2.22. The molecule has 0 unspecified atom stereocenters. The van der Waals surface area contributed by atoms with Crippen LogP contribution in [0, 0.1) is 11.3 Å². The summed E-state index contributed by atoms with van der Waals surface area (Å²) >= 11 is 0. The van der Waals surface area contributed by atoms with Gasteiger partial charge in [-0.3, -0.25) is 4.98 Å². The predicted molar refractivity (Wildman–Crippen MR) is 74.3 cm³/mol. The van der Waals surface area contributed by atoms with E-state index in [1.807, 2.05) is 25.1 Å². The van der Waals surface area contributed by atoms with Crippen LogP contribution < -0.4 is 10.6 Å².